The normalized spacial score (nSPS) is 17.5. The minimum Gasteiger partial charge on any atom is -0.495 e. The fraction of sp³-hybridized carbons (Fsp3) is 0.538. The Balaban J connectivity index is 2.59. The minimum atomic E-state index is -0.231. The molecule has 94 valence electrons. The highest BCUT2D eigenvalue weighted by Gasteiger charge is 2.38. The van der Waals surface area contributed by atoms with Crippen LogP contribution in [0.4, 0.5) is 0 Å². The predicted octanol–water partition coefficient (Wildman–Crippen LogP) is 3.11. The second kappa shape index (κ2) is 4.50. The van der Waals surface area contributed by atoms with Crippen LogP contribution in [0.5, 0.6) is 11.5 Å². The highest BCUT2D eigenvalue weighted by molar-refractivity contribution is 9.10. The zero-order valence-electron chi connectivity index (χ0n) is 10.5. The van der Waals surface area contributed by atoms with Gasteiger partial charge in [0.05, 0.1) is 14.2 Å². The third-order valence-electron chi connectivity index (χ3n) is 3.55. The number of hydrogen-bond donors (Lipinski definition) is 1. The maximum Gasteiger partial charge on any atom is 0.141 e. The van der Waals surface area contributed by atoms with E-state index in [0.29, 0.717) is 0 Å². The van der Waals surface area contributed by atoms with Crippen LogP contribution in [0.1, 0.15) is 30.4 Å². The van der Waals surface area contributed by atoms with Gasteiger partial charge in [0.1, 0.15) is 16.0 Å². The van der Waals surface area contributed by atoms with Gasteiger partial charge in [0.15, 0.2) is 0 Å². The van der Waals surface area contributed by atoms with Crippen LogP contribution in [-0.4, -0.2) is 14.2 Å². The molecular formula is C13H18BrNO2. The first-order valence-electron chi connectivity index (χ1n) is 5.74. The Labute approximate surface area is 110 Å². The Morgan fingerprint density at radius 2 is 1.82 bits per heavy atom. The lowest BCUT2D eigenvalue weighted by Gasteiger charge is -2.40. The summed E-state index contributed by atoms with van der Waals surface area (Å²) >= 11 is 3.54. The minimum absolute atomic E-state index is 0.231. The van der Waals surface area contributed by atoms with Crippen LogP contribution < -0.4 is 15.2 Å². The number of rotatable bonds is 3. The van der Waals surface area contributed by atoms with E-state index in [9.17, 15) is 0 Å². The van der Waals surface area contributed by atoms with Crippen LogP contribution in [0.2, 0.25) is 0 Å². The molecule has 0 atom stereocenters. The molecule has 0 spiro atoms. The molecule has 3 nitrogen and oxygen atoms in total. The number of nitrogens with two attached hydrogens (primary N) is 1. The summed E-state index contributed by atoms with van der Waals surface area (Å²) in [6, 6.07) is 2.08. The molecule has 1 aliphatic rings. The second-order valence-electron chi connectivity index (χ2n) is 4.63. The summed E-state index contributed by atoms with van der Waals surface area (Å²) in [6.07, 6.45) is 3.21. The third kappa shape index (κ3) is 1.93. The molecule has 2 rings (SSSR count). The Kier molecular flexibility index (Phi) is 3.36. The van der Waals surface area contributed by atoms with Crippen LogP contribution in [0.25, 0.3) is 0 Å². The van der Waals surface area contributed by atoms with Crippen molar-refractivity contribution in [1.29, 1.82) is 0 Å². The molecular weight excluding hydrogens is 282 g/mol. The first-order chi connectivity index (χ1) is 8.03. The number of aryl methyl sites for hydroxylation is 1. The molecule has 0 aromatic heterocycles. The Hall–Kier alpha value is -0.740. The van der Waals surface area contributed by atoms with Crippen LogP contribution in [0.3, 0.4) is 0 Å². The average Bonchev–Trinajstić information content (AvgIpc) is 2.26. The van der Waals surface area contributed by atoms with Gasteiger partial charge in [-0.1, -0.05) is 0 Å². The van der Waals surface area contributed by atoms with Gasteiger partial charge in [0.25, 0.3) is 0 Å². The van der Waals surface area contributed by atoms with Crippen molar-refractivity contribution in [1.82, 2.24) is 0 Å². The lowest BCUT2D eigenvalue weighted by atomic mass is 9.72. The topological polar surface area (TPSA) is 44.5 Å². The fourth-order valence-electron chi connectivity index (χ4n) is 2.39. The SMILES string of the molecule is COc1c(C)cc(C2(N)CCC2)c(OC)c1Br. The van der Waals surface area contributed by atoms with Crippen LogP contribution in [0, 0.1) is 6.92 Å². The molecule has 0 saturated heterocycles. The molecule has 0 amide bonds. The molecule has 0 unspecified atom stereocenters. The van der Waals surface area contributed by atoms with E-state index in [-0.39, 0.29) is 5.54 Å². The maximum absolute atomic E-state index is 6.39. The van der Waals surface area contributed by atoms with Crippen LogP contribution >= 0.6 is 15.9 Å². The van der Waals surface area contributed by atoms with Gasteiger partial charge in [-0.25, -0.2) is 0 Å². The van der Waals surface area contributed by atoms with Gasteiger partial charge in [-0.3, -0.25) is 0 Å². The average molecular weight is 300 g/mol. The van der Waals surface area contributed by atoms with E-state index in [2.05, 4.69) is 22.0 Å². The van der Waals surface area contributed by atoms with Crippen molar-refractivity contribution in [3.63, 3.8) is 0 Å². The van der Waals surface area contributed by atoms with E-state index < -0.39 is 0 Å². The van der Waals surface area contributed by atoms with Gasteiger partial charge in [0, 0.05) is 11.1 Å². The van der Waals surface area contributed by atoms with E-state index in [1.807, 2.05) is 6.92 Å². The van der Waals surface area contributed by atoms with Crippen molar-refractivity contribution < 1.29 is 9.47 Å². The van der Waals surface area contributed by atoms with E-state index >= 15 is 0 Å². The van der Waals surface area contributed by atoms with E-state index in [1.165, 1.54) is 6.42 Å². The van der Waals surface area contributed by atoms with Gasteiger partial charge in [0.2, 0.25) is 0 Å². The van der Waals surface area contributed by atoms with E-state index in [4.69, 9.17) is 15.2 Å². The Morgan fingerprint density at radius 3 is 2.24 bits per heavy atom. The quantitative estimate of drug-likeness (QED) is 0.933. The number of methoxy groups -OCH3 is 2. The molecule has 1 aliphatic carbocycles. The molecule has 0 aliphatic heterocycles. The molecule has 1 aromatic rings. The van der Waals surface area contributed by atoms with Crippen LogP contribution in [-0.2, 0) is 5.54 Å². The van der Waals surface area contributed by atoms with Crippen LogP contribution in [0.15, 0.2) is 10.5 Å². The lowest BCUT2D eigenvalue weighted by Crippen LogP contribution is -2.43. The third-order valence-corrected chi connectivity index (χ3v) is 4.27. The van der Waals surface area contributed by atoms with Crippen molar-refractivity contribution in [3.8, 4) is 11.5 Å². The summed E-state index contributed by atoms with van der Waals surface area (Å²) < 4.78 is 11.7. The molecule has 0 heterocycles. The van der Waals surface area contributed by atoms with Gasteiger partial charge >= 0.3 is 0 Å². The summed E-state index contributed by atoms with van der Waals surface area (Å²) in [5, 5.41) is 0. The molecule has 4 heteroatoms. The van der Waals surface area contributed by atoms with Gasteiger partial charge in [-0.05, 0) is 53.7 Å². The Morgan fingerprint density at radius 1 is 1.24 bits per heavy atom. The number of ether oxygens (including phenoxy) is 2. The van der Waals surface area contributed by atoms with Crippen molar-refractivity contribution in [3.05, 3.63) is 21.7 Å². The highest BCUT2D eigenvalue weighted by atomic mass is 79.9. The largest absolute Gasteiger partial charge is 0.495 e. The monoisotopic (exact) mass is 299 g/mol. The Bertz CT molecular complexity index is 442. The van der Waals surface area contributed by atoms with Crippen molar-refractivity contribution in [2.75, 3.05) is 14.2 Å². The molecule has 0 bridgehead atoms. The summed E-state index contributed by atoms with van der Waals surface area (Å²) in [6.45, 7) is 2.02. The first-order valence-corrected chi connectivity index (χ1v) is 6.53. The number of hydrogen-bond acceptors (Lipinski definition) is 3. The molecule has 17 heavy (non-hydrogen) atoms. The maximum atomic E-state index is 6.39. The smallest absolute Gasteiger partial charge is 0.141 e. The molecule has 0 radical (unpaired) electrons. The van der Waals surface area contributed by atoms with E-state index in [1.54, 1.807) is 14.2 Å². The fourth-order valence-corrected chi connectivity index (χ4v) is 3.24. The summed E-state index contributed by atoms with van der Waals surface area (Å²) in [5.41, 5.74) is 8.31. The van der Waals surface area contributed by atoms with Gasteiger partial charge in [-0.2, -0.15) is 0 Å². The second-order valence-corrected chi connectivity index (χ2v) is 5.42. The molecule has 2 N–H and O–H groups in total. The van der Waals surface area contributed by atoms with Gasteiger partial charge in [-0.15, -0.1) is 0 Å². The van der Waals surface area contributed by atoms with Crippen molar-refractivity contribution >= 4 is 15.9 Å². The van der Waals surface area contributed by atoms with E-state index in [0.717, 1.165) is 39.9 Å². The highest BCUT2D eigenvalue weighted by Crippen LogP contribution is 2.48. The molecule has 1 fully saturated rings. The van der Waals surface area contributed by atoms with Crippen molar-refractivity contribution in [2.24, 2.45) is 5.73 Å². The molecule has 1 saturated carbocycles. The standard InChI is InChI=1S/C13H18BrNO2/c1-8-7-9(13(15)5-4-6-13)12(17-3)10(14)11(8)16-2/h7H,4-6,15H2,1-3H3. The van der Waals surface area contributed by atoms with Crippen molar-refractivity contribution in [2.45, 2.75) is 31.7 Å². The summed E-state index contributed by atoms with van der Waals surface area (Å²) in [7, 11) is 3.33. The zero-order valence-corrected chi connectivity index (χ0v) is 12.1. The lowest BCUT2D eigenvalue weighted by molar-refractivity contribution is 0.242. The van der Waals surface area contributed by atoms with Gasteiger partial charge < -0.3 is 15.2 Å². The summed E-state index contributed by atoms with van der Waals surface area (Å²) in [5.74, 6) is 1.61. The number of benzene rings is 1. The zero-order chi connectivity index (χ0) is 12.6. The number of halogens is 1. The summed E-state index contributed by atoms with van der Waals surface area (Å²) in [4.78, 5) is 0. The first kappa shape index (κ1) is 12.7. The predicted molar refractivity (Wildman–Crippen MR) is 71.7 cm³/mol. The molecule has 1 aromatic carbocycles.